The van der Waals surface area contributed by atoms with Crippen molar-refractivity contribution in [2.24, 2.45) is 0 Å². The van der Waals surface area contributed by atoms with E-state index in [4.69, 9.17) is 23.2 Å². The maximum Gasteiger partial charge on any atom is 0.0621 e. The molecule has 0 saturated carbocycles. The van der Waals surface area contributed by atoms with E-state index in [1.807, 2.05) is 30.3 Å². The van der Waals surface area contributed by atoms with E-state index in [9.17, 15) is 5.11 Å². The van der Waals surface area contributed by atoms with Crippen molar-refractivity contribution in [3.8, 4) is 0 Å². The molecule has 1 nitrogen and oxygen atoms in total. The molecule has 2 rings (SSSR count). The van der Waals surface area contributed by atoms with Gasteiger partial charge in [0.2, 0.25) is 0 Å². The van der Waals surface area contributed by atoms with E-state index in [1.165, 1.54) is 0 Å². The lowest BCUT2D eigenvalue weighted by atomic mass is 10.0. The lowest BCUT2D eigenvalue weighted by Crippen LogP contribution is -2.14. The zero-order valence-corrected chi connectivity index (χ0v) is 13.2. The van der Waals surface area contributed by atoms with Crippen molar-refractivity contribution in [1.82, 2.24) is 0 Å². The van der Waals surface area contributed by atoms with Crippen LogP contribution in [0.2, 0.25) is 10.0 Å². The van der Waals surface area contributed by atoms with E-state index in [2.05, 4.69) is 15.9 Å². The molecular weight excluding hydrogens is 347 g/mol. The summed E-state index contributed by atoms with van der Waals surface area (Å²) < 4.78 is 1.03. The van der Waals surface area contributed by atoms with Gasteiger partial charge in [-0.05, 0) is 41.8 Å². The first kappa shape index (κ1) is 14.9. The number of hydrogen-bond donors (Lipinski definition) is 1. The maximum atomic E-state index is 10.1. The fourth-order valence-corrected chi connectivity index (χ4v) is 2.66. The van der Waals surface area contributed by atoms with Crippen LogP contribution in [-0.4, -0.2) is 11.2 Å². The Labute approximate surface area is 131 Å². The van der Waals surface area contributed by atoms with Gasteiger partial charge in [0.05, 0.1) is 6.10 Å². The van der Waals surface area contributed by atoms with Gasteiger partial charge >= 0.3 is 0 Å². The molecule has 0 aliphatic carbocycles. The van der Waals surface area contributed by atoms with Gasteiger partial charge in [0.15, 0.2) is 0 Å². The summed E-state index contributed by atoms with van der Waals surface area (Å²) in [5.41, 5.74) is 2.01. The molecule has 1 N–H and O–H groups in total. The Hall–Kier alpha value is -0.540. The van der Waals surface area contributed by atoms with Crippen LogP contribution in [0.3, 0.4) is 0 Å². The predicted molar refractivity (Wildman–Crippen MR) is 84.0 cm³/mol. The normalized spacial score (nSPS) is 12.4. The molecule has 0 fully saturated rings. The number of rotatable bonds is 4. The van der Waals surface area contributed by atoms with Gasteiger partial charge in [-0.3, -0.25) is 0 Å². The molecular formula is C15H13BrCl2O. The van der Waals surface area contributed by atoms with E-state index in [-0.39, 0.29) is 0 Å². The van der Waals surface area contributed by atoms with Gasteiger partial charge in [-0.1, -0.05) is 57.3 Å². The molecule has 0 aliphatic rings. The van der Waals surface area contributed by atoms with E-state index in [0.29, 0.717) is 22.9 Å². The lowest BCUT2D eigenvalue weighted by Gasteiger charge is -2.12. The summed E-state index contributed by atoms with van der Waals surface area (Å²) in [6.07, 6.45) is 0.665. The van der Waals surface area contributed by atoms with Gasteiger partial charge in [-0.15, -0.1) is 0 Å². The van der Waals surface area contributed by atoms with Gasteiger partial charge in [-0.2, -0.15) is 0 Å². The Morgan fingerprint density at radius 2 is 1.68 bits per heavy atom. The monoisotopic (exact) mass is 358 g/mol. The molecule has 0 bridgehead atoms. The summed E-state index contributed by atoms with van der Waals surface area (Å²) >= 11 is 15.3. The summed E-state index contributed by atoms with van der Waals surface area (Å²) in [4.78, 5) is 0. The Morgan fingerprint density at radius 1 is 1.00 bits per heavy atom. The van der Waals surface area contributed by atoms with Crippen LogP contribution in [0.15, 0.2) is 46.9 Å². The Morgan fingerprint density at radius 3 is 2.32 bits per heavy atom. The van der Waals surface area contributed by atoms with E-state index < -0.39 is 6.10 Å². The molecule has 0 amide bonds. The van der Waals surface area contributed by atoms with Crippen LogP contribution < -0.4 is 0 Å². The van der Waals surface area contributed by atoms with Crippen LogP contribution in [0.1, 0.15) is 11.1 Å². The molecule has 100 valence electrons. The summed E-state index contributed by atoms with van der Waals surface area (Å²) in [5, 5.41) is 11.3. The first-order chi connectivity index (χ1) is 9.04. The average molecular weight is 360 g/mol. The molecule has 2 aromatic rings. The smallest absolute Gasteiger partial charge is 0.0621 e. The second kappa shape index (κ2) is 6.76. The molecule has 4 heteroatoms. The summed E-state index contributed by atoms with van der Waals surface area (Å²) in [5.74, 6) is 0. The molecule has 1 unspecified atom stereocenters. The Bertz CT molecular complexity index is 555. The highest BCUT2D eigenvalue weighted by molar-refractivity contribution is 9.10. The number of aliphatic hydroxyl groups is 1. The van der Waals surface area contributed by atoms with E-state index >= 15 is 0 Å². The molecule has 0 radical (unpaired) electrons. The Balaban J connectivity index is 2.01. The van der Waals surface area contributed by atoms with Crippen LogP contribution in [-0.2, 0) is 12.8 Å². The Kier molecular flexibility index (Phi) is 5.28. The zero-order chi connectivity index (χ0) is 13.8. The standard InChI is InChI=1S/C15H13BrCl2O/c16-12-4-1-10(2-5-12)7-14(19)8-11-3-6-13(17)9-15(11)18/h1-6,9,14,19H,7-8H2. The summed E-state index contributed by atoms with van der Waals surface area (Å²) in [7, 11) is 0. The largest absolute Gasteiger partial charge is 0.392 e. The minimum absolute atomic E-state index is 0.458. The van der Waals surface area contributed by atoms with Crippen molar-refractivity contribution >= 4 is 39.1 Å². The molecule has 1 atom stereocenters. The van der Waals surface area contributed by atoms with Gasteiger partial charge in [0.25, 0.3) is 0 Å². The van der Waals surface area contributed by atoms with E-state index in [0.717, 1.165) is 15.6 Å². The van der Waals surface area contributed by atoms with Crippen molar-refractivity contribution in [2.75, 3.05) is 0 Å². The lowest BCUT2D eigenvalue weighted by molar-refractivity contribution is 0.175. The third kappa shape index (κ3) is 4.50. The minimum atomic E-state index is -0.458. The minimum Gasteiger partial charge on any atom is -0.392 e. The molecule has 0 spiro atoms. The first-order valence-electron chi connectivity index (χ1n) is 5.91. The highest BCUT2D eigenvalue weighted by Gasteiger charge is 2.10. The topological polar surface area (TPSA) is 20.2 Å². The molecule has 0 aromatic heterocycles. The number of halogens is 3. The highest BCUT2D eigenvalue weighted by atomic mass is 79.9. The molecule has 19 heavy (non-hydrogen) atoms. The maximum absolute atomic E-state index is 10.1. The molecule has 0 aliphatic heterocycles. The van der Waals surface area contributed by atoms with Crippen molar-refractivity contribution in [1.29, 1.82) is 0 Å². The summed E-state index contributed by atoms with van der Waals surface area (Å²) in [6.45, 7) is 0. The zero-order valence-electron chi connectivity index (χ0n) is 10.1. The predicted octanol–water partition coefficient (Wildman–Crippen LogP) is 4.90. The quantitative estimate of drug-likeness (QED) is 0.822. The molecule has 0 saturated heterocycles. The van der Waals surface area contributed by atoms with Crippen LogP contribution in [0.25, 0.3) is 0 Å². The second-order valence-electron chi connectivity index (χ2n) is 4.42. The van der Waals surface area contributed by atoms with Crippen LogP contribution >= 0.6 is 39.1 Å². The van der Waals surface area contributed by atoms with Gasteiger partial charge in [0, 0.05) is 20.9 Å². The average Bonchev–Trinajstić information content (AvgIpc) is 2.36. The van der Waals surface area contributed by atoms with Crippen LogP contribution in [0.4, 0.5) is 0 Å². The third-order valence-electron chi connectivity index (χ3n) is 2.86. The van der Waals surface area contributed by atoms with Crippen LogP contribution in [0.5, 0.6) is 0 Å². The van der Waals surface area contributed by atoms with Crippen LogP contribution in [0, 0.1) is 0 Å². The molecule has 2 aromatic carbocycles. The molecule has 0 heterocycles. The van der Waals surface area contributed by atoms with Crippen molar-refractivity contribution in [2.45, 2.75) is 18.9 Å². The van der Waals surface area contributed by atoms with Gasteiger partial charge in [-0.25, -0.2) is 0 Å². The fourth-order valence-electron chi connectivity index (χ4n) is 1.91. The van der Waals surface area contributed by atoms with Crippen molar-refractivity contribution in [3.63, 3.8) is 0 Å². The number of aliphatic hydroxyl groups excluding tert-OH is 1. The summed E-state index contributed by atoms with van der Waals surface area (Å²) in [6, 6.07) is 13.3. The number of hydrogen-bond acceptors (Lipinski definition) is 1. The highest BCUT2D eigenvalue weighted by Crippen LogP contribution is 2.23. The fraction of sp³-hybridized carbons (Fsp3) is 0.200. The number of benzene rings is 2. The second-order valence-corrected chi connectivity index (χ2v) is 6.18. The SMILES string of the molecule is OC(Cc1ccc(Br)cc1)Cc1ccc(Cl)cc1Cl. The first-order valence-corrected chi connectivity index (χ1v) is 7.46. The van der Waals surface area contributed by atoms with E-state index in [1.54, 1.807) is 12.1 Å². The van der Waals surface area contributed by atoms with Gasteiger partial charge in [0.1, 0.15) is 0 Å². The van der Waals surface area contributed by atoms with Crippen molar-refractivity contribution in [3.05, 3.63) is 68.1 Å². The van der Waals surface area contributed by atoms with Gasteiger partial charge < -0.3 is 5.11 Å². The third-order valence-corrected chi connectivity index (χ3v) is 3.97. The van der Waals surface area contributed by atoms with Crippen molar-refractivity contribution < 1.29 is 5.11 Å².